The highest BCUT2D eigenvalue weighted by Crippen LogP contribution is 2.30. The molecule has 1 N–H and O–H groups in total. The Balaban J connectivity index is 1.63. The molecule has 1 aliphatic rings. The molecule has 3 heteroatoms. The number of halogens is 1. The van der Waals surface area contributed by atoms with Gasteiger partial charge in [0.25, 0.3) is 0 Å². The van der Waals surface area contributed by atoms with E-state index in [9.17, 15) is 0 Å². The molecule has 2 nitrogen and oxygen atoms in total. The van der Waals surface area contributed by atoms with Crippen molar-refractivity contribution in [3.05, 3.63) is 76.8 Å². The highest BCUT2D eigenvalue weighted by Gasteiger charge is 2.21. The molecule has 122 valence electrons. The summed E-state index contributed by atoms with van der Waals surface area (Å²) in [5.41, 5.74) is 2.24. The molecule has 4 rings (SSSR count). The lowest BCUT2D eigenvalue weighted by Crippen LogP contribution is -2.16. The van der Waals surface area contributed by atoms with Crippen molar-refractivity contribution in [3.8, 4) is 5.75 Å². The molecule has 0 spiro atoms. The maximum Gasteiger partial charge on any atom is 0.124 e. The molecule has 24 heavy (non-hydrogen) atoms. The van der Waals surface area contributed by atoms with Crippen LogP contribution in [0, 0.1) is 0 Å². The maximum absolute atomic E-state index is 6.24. The topological polar surface area (TPSA) is 21.3 Å². The van der Waals surface area contributed by atoms with Gasteiger partial charge in [-0.1, -0.05) is 60.1 Å². The van der Waals surface area contributed by atoms with Crippen molar-refractivity contribution in [1.29, 1.82) is 0 Å². The lowest BCUT2D eigenvalue weighted by Gasteiger charge is -2.15. The minimum Gasteiger partial charge on any atom is -0.488 e. The molecule has 0 aliphatic heterocycles. The highest BCUT2D eigenvalue weighted by molar-refractivity contribution is 6.31. The Morgan fingerprint density at radius 1 is 0.958 bits per heavy atom. The first-order valence-electron chi connectivity index (χ1n) is 8.41. The third-order valence-corrected chi connectivity index (χ3v) is 4.85. The fraction of sp³-hybridized carbons (Fsp3) is 0.238. The van der Waals surface area contributed by atoms with Crippen LogP contribution in [0.2, 0.25) is 5.02 Å². The summed E-state index contributed by atoms with van der Waals surface area (Å²) in [5.74, 6) is 0.932. The minimum atomic E-state index is 0.481. The molecular weight excluding hydrogens is 318 g/mol. The Kier molecular flexibility index (Phi) is 4.42. The number of hydrogen-bond donors (Lipinski definition) is 1. The van der Waals surface area contributed by atoms with Crippen LogP contribution < -0.4 is 10.1 Å². The molecule has 3 aromatic rings. The largest absolute Gasteiger partial charge is 0.488 e. The van der Waals surface area contributed by atoms with Gasteiger partial charge in [-0.15, -0.1) is 0 Å². The predicted molar refractivity (Wildman–Crippen MR) is 99.6 cm³/mol. The molecule has 0 saturated heterocycles. The van der Waals surface area contributed by atoms with E-state index in [0.717, 1.165) is 22.9 Å². The van der Waals surface area contributed by atoms with Crippen LogP contribution in [-0.2, 0) is 13.2 Å². The van der Waals surface area contributed by atoms with Crippen molar-refractivity contribution in [2.75, 3.05) is 0 Å². The van der Waals surface area contributed by atoms with Crippen LogP contribution in [0.3, 0.4) is 0 Å². The van der Waals surface area contributed by atoms with E-state index in [0.29, 0.717) is 12.6 Å². The van der Waals surface area contributed by atoms with E-state index in [1.807, 2.05) is 24.3 Å². The summed E-state index contributed by atoms with van der Waals surface area (Å²) in [7, 11) is 0. The van der Waals surface area contributed by atoms with E-state index in [1.54, 1.807) is 0 Å². The van der Waals surface area contributed by atoms with E-state index < -0.39 is 0 Å². The molecule has 0 bridgehead atoms. The molecule has 0 aromatic heterocycles. The van der Waals surface area contributed by atoms with Crippen LogP contribution in [0.4, 0.5) is 0 Å². The second-order valence-electron chi connectivity index (χ2n) is 6.30. The second-order valence-corrected chi connectivity index (χ2v) is 6.71. The van der Waals surface area contributed by atoms with Crippen molar-refractivity contribution < 1.29 is 4.74 Å². The second kappa shape index (κ2) is 6.84. The number of benzene rings is 3. The zero-order chi connectivity index (χ0) is 16.4. The van der Waals surface area contributed by atoms with E-state index in [1.165, 1.54) is 29.2 Å². The summed E-state index contributed by atoms with van der Waals surface area (Å²) >= 11 is 6.24. The lowest BCUT2D eigenvalue weighted by molar-refractivity contribution is 0.303. The van der Waals surface area contributed by atoms with E-state index >= 15 is 0 Å². The van der Waals surface area contributed by atoms with Crippen molar-refractivity contribution >= 4 is 22.4 Å². The van der Waals surface area contributed by atoms with Gasteiger partial charge in [-0.2, -0.15) is 0 Å². The Morgan fingerprint density at radius 2 is 1.75 bits per heavy atom. The lowest BCUT2D eigenvalue weighted by atomic mass is 10.0. The molecule has 0 radical (unpaired) electrons. The van der Waals surface area contributed by atoms with Crippen LogP contribution >= 0.6 is 11.6 Å². The highest BCUT2D eigenvalue weighted by atomic mass is 35.5. The fourth-order valence-electron chi connectivity index (χ4n) is 2.94. The molecule has 1 aliphatic carbocycles. The average molecular weight is 338 g/mol. The molecule has 0 atom stereocenters. The summed E-state index contributed by atoms with van der Waals surface area (Å²) in [6, 6.07) is 21.2. The third-order valence-electron chi connectivity index (χ3n) is 4.48. The molecule has 0 heterocycles. The van der Waals surface area contributed by atoms with E-state index in [4.69, 9.17) is 16.3 Å². The predicted octanol–water partition coefficient (Wildman–Crippen LogP) is 5.32. The van der Waals surface area contributed by atoms with E-state index in [-0.39, 0.29) is 0 Å². The normalized spacial score (nSPS) is 14.0. The number of fused-ring (bicyclic) bond motifs is 1. The monoisotopic (exact) mass is 337 g/mol. The Bertz CT molecular complexity index is 857. The maximum atomic E-state index is 6.24. The summed E-state index contributed by atoms with van der Waals surface area (Å²) in [4.78, 5) is 0. The van der Waals surface area contributed by atoms with Crippen LogP contribution in [0.1, 0.15) is 24.0 Å². The van der Waals surface area contributed by atoms with Crippen molar-refractivity contribution in [2.45, 2.75) is 32.0 Å². The smallest absolute Gasteiger partial charge is 0.124 e. The molecule has 0 unspecified atom stereocenters. The van der Waals surface area contributed by atoms with Gasteiger partial charge in [-0.25, -0.2) is 0 Å². The summed E-state index contributed by atoms with van der Waals surface area (Å²) in [6.45, 7) is 1.32. The Labute approximate surface area is 147 Å². The van der Waals surface area contributed by atoms with Gasteiger partial charge in [-0.05, 0) is 35.7 Å². The van der Waals surface area contributed by atoms with Gasteiger partial charge in [0.1, 0.15) is 12.4 Å². The molecule has 1 fully saturated rings. The zero-order valence-corrected chi connectivity index (χ0v) is 14.2. The number of nitrogens with one attached hydrogen (secondary N) is 1. The zero-order valence-electron chi connectivity index (χ0n) is 13.5. The standard InChI is InChI=1S/C21H20ClNO/c22-20-8-4-2-6-16(20)14-24-21-12-9-15-5-1-3-7-18(15)19(21)13-23-17-10-11-17/h1-9,12,17,23H,10-11,13-14H2. The first-order valence-corrected chi connectivity index (χ1v) is 8.79. The summed E-state index contributed by atoms with van der Waals surface area (Å²) in [6.07, 6.45) is 2.56. The quantitative estimate of drug-likeness (QED) is 0.657. The SMILES string of the molecule is Clc1ccccc1COc1ccc2ccccc2c1CNC1CC1. The number of ether oxygens (including phenoxy) is 1. The van der Waals surface area contributed by atoms with Gasteiger partial charge < -0.3 is 10.1 Å². The van der Waals surface area contributed by atoms with Gasteiger partial charge in [0.2, 0.25) is 0 Å². The average Bonchev–Trinajstić information content (AvgIpc) is 3.44. The summed E-state index contributed by atoms with van der Waals surface area (Å²) < 4.78 is 6.14. The van der Waals surface area contributed by atoms with E-state index in [2.05, 4.69) is 41.7 Å². The number of hydrogen-bond acceptors (Lipinski definition) is 2. The van der Waals surface area contributed by atoms with Crippen LogP contribution in [-0.4, -0.2) is 6.04 Å². The Hall–Kier alpha value is -2.03. The van der Waals surface area contributed by atoms with Crippen molar-refractivity contribution in [1.82, 2.24) is 5.32 Å². The van der Waals surface area contributed by atoms with Crippen molar-refractivity contribution in [2.24, 2.45) is 0 Å². The fourth-order valence-corrected chi connectivity index (χ4v) is 3.13. The van der Waals surface area contributed by atoms with Gasteiger partial charge in [0.15, 0.2) is 0 Å². The van der Waals surface area contributed by atoms with Crippen LogP contribution in [0.15, 0.2) is 60.7 Å². The van der Waals surface area contributed by atoms with Crippen LogP contribution in [0.5, 0.6) is 5.75 Å². The molecular formula is C21H20ClNO. The van der Waals surface area contributed by atoms with Gasteiger partial charge in [0, 0.05) is 28.7 Å². The van der Waals surface area contributed by atoms with Gasteiger partial charge in [0.05, 0.1) is 0 Å². The van der Waals surface area contributed by atoms with Crippen molar-refractivity contribution in [3.63, 3.8) is 0 Å². The van der Waals surface area contributed by atoms with Gasteiger partial charge in [-0.3, -0.25) is 0 Å². The first kappa shape index (κ1) is 15.5. The number of rotatable bonds is 6. The molecule has 0 amide bonds. The molecule has 3 aromatic carbocycles. The van der Waals surface area contributed by atoms with Gasteiger partial charge >= 0.3 is 0 Å². The first-order chi connectivity index (χ1) is 11.8. The minimum absolute atomic E-state index is 0.481. The third kappa shape index (κ3) is 3.40. The van der Waals surface area contributed by atoms with Crippen LogP contribution in [0.25, 0.3) is 10.8 Å². The molecule has 1 saturated carbocycles. The summed E-state index contributed by atoms with van der Waals surface area (Å²) in [5, 5.41) is 6.85. The Morgan fingerprint density at radius 3 is 2.58 bits per heavy atom.